The van der Waals surface area contributed by atoms with E-state index in [-0.39, 0.29) is 6.10 Å². The zero-order valence-corrected chi connectivity index (χ0v) is 17.0. The van der Waals surface area contributed by atoms with Gasteiger partial charge in [0.2, 0.25) is 0 Å². The maximum Gasteiger partial charge on any atom is 0.119 e. The lowest BCUT2D eigenvalue weighted by atomic mass is 9.89. The first-order valence-corrected chi connectivity index (χ1v) is 9.93. The van der Waals surface area contributed by atoms with Gasteiger partial charge in [-0.25, -0.2) is 0 Å². The van der Waals surface area contributed by atoms with E-state index in [0.29, 0.717) is 17.5 Å². The molecule has 0 spiro atoms. The molecule has 7 heteroatoms. The standard InChI is InChI=1S/C23H27NO6/c1-13(2)29-18-7-3-14(4-8-18)9-17-10-15(5-6-16(17)11-24)23-22(28)21(27)20(26)19(12-25)30-23/h3-8,10,13,19-23,25-28H,9,12H2,1-2H3/t19?,20-,21+,22-,23?/m1/s1. The van der Waals surface area contributed by atoms with Crippen molar-refractivity contribution < 1.29 is 29.9 Å². The molecule has 160 valence electrons. The summed E-state index contributed by atoms with van der Waals surface area (Å²) in [6.45, 7) is 3.42. The molecule has 0 aromatic heterocycles. The van der Waals surface area contributed by atoms with Crippen molar-refractivity contribution in [3.63, 3.8) is 0 Å². The molecule has 1 aliphatic heterocycles. The number of rotatable bonds is 6. The first kappa shape index (κ1) is 22.2. The van der Waals surface area contributed by atoms with E-state index in [4.69, 9.17) is 9.47 Å². The number of hydrogen-bond donors (Lipinski definition) is 4. The predicted octanol–water partition coefficient (Wildman–Crippen LogP) is 1.45. The van der Waals surface area contributed by atoms with E-state index in [1.54, 1.807) is 18.2 Å². The second-order valence-corrected chi connectivity index (χ2v) is 7.77. The van der Waals surface area contributed by atoms with Gasteiger partial charge in [0.25, 0.3) is 0 Å². The summed E-state index contributed by atoms with van der Waals surface area (Å²) in [5.74, 6) is 0.768. The summed E-state index contributed by atoms with van der Waals surface area (Å²) in [5, 5.41) is 49.3. The van der Waals surface area contributed by atoms with Crippen LogP contribution in [0, 0.1) is 11.3 Å². The van der Waals surface area contributed by atoms with Crippen molar-refractivity contribution in [2.24, 2.45) is 0 Å². The average Bonchev–Trinajstić information content (AvgIpc) is 2.73. The molecular formula is C23H27NO6. The Bertz CT molecular complexity index is 890. The van der Waals surface area contributed by atoms with E-state index < -0.39 is 37.1 Å². The molecule has 1 aliphatic rings. The topological polar surface area (TPSA) is 123 Å². The Morgan fingerprint density at radius 3 is 2.33 bits per heavy atom. The minimum Gasteiger partial charge on any atom is -0.491 e. The highest BCUT2D eigenvalue weighted by molar-refractivity contribution is 5.44. The van der Waals surface area contributed by atoms with Crippen LogP contribution in [-0.2, 0) is 11.2 Å². The summed E-state index contributed by atoms with van der Waals surface area (Å²) in [6, 6.07) is 14.8. The molecule has 2 aromatic rings. The average molecular weight is 413 g/mol. The van der Waals surface area contributed by atoms with E-state index in [1.165, 1.54) is 0 Å². The number of ether oxygens (including phenoxy) is 2. The molecule has 0 amide bonds. The first-order chi connectivity index (χ1) is 14.3. The quantitative estimate of drug-likeness (QED) is 0.565. The van der Waals surface area contributed by atoms with Crippen LogP contribution in [-0.4, -0.2) is 57.6 Å². The van der Waals surface area contributed by atoms with Crippen LogP contribution in [0.3, 0.4) is 0 Å². The highest BCUT2D eigenvalue weighted by Gasteiger charge is 2.44. The van der Waals surface area contributed by atoms with Crippen LogP contribution in [0.5, 0.6) is 5.75 Å². The lowest BCUT2D eigenvalue weighted by molar-refractivity contribution is -0.231. The SMILES string of the molecule is CC(C)Oc1ccc(Cc2cc(C3OC(CO)[C@@H](O)[C@H](O)[C@H]3O)ccc2C#N)cc1. The van der Waals surface area contributed by atoms with Crippen molar-refractivity contribution in [1.82, 2.24) is 0 Å². The largest absolute Gasteiger partial charge is 0.491 e. The molecule has 0 saturated carbocycles. The maximum atomic E-state index is 10.4. The van der Waals surface area contributed by atoms with Crippen molar-refractivity contribution in [2.45, 2.75) is 56.9 Å². The fraction of sp³-hybridized carbons (Fsp3) is 0.435. The number of hydrogen-bond acceptors (Lipinski definition) is 7. The van der Waals surface area contributed by atoms with Gasteiger partial charge in [-0.15, -0.1) is 0 Å². The second-order valence-electron chi connectivity index (χ2n) is 7.77. The van der Waals surface area contributed by atoms with E-state index in [2.05, 4.69) is 6.07 Å². The Morgan fingerprint density at radius 1 is 1.03 bits per heavy atom. The number of benzene rings is 2. The van der Waals surface area contributed by atoms with Crippen molar-refractivity contribution in [1.29, 1.82) is 5.26 Å². The third kappa shape index (κ3) is 4.81. The summed E-state index contributed by atoms with van der Waals surface area (Å²) < 4.78 is 11.3. The molecule has 30 heavy (non-hydrogen) atoms. The third-order valence-corrected chi connectivity index (χ3v) is 5.16. The van der Waals surface area contributed by atoms with Crippen LogP contribution in [0.25, 0.3) is 0 Å². The molecule has 3 rings (SSSR count). The number of aliphatic hydroxyl groups excluding tert-OH is 4. The van der Waals surface area contributed by atoms with Gasteiger partial charge in [0, 0.05) is 0 Å². The number of nitrogens with zero attached hydrogens (tertiary/aromatic N) is 1. The summed E-state index contributed by atoms with van der Waals surface area (Å²) in [6.07, 6.45) is -5.59. The van der Waals surface area contributed by atoms with Gasteiger partial charge in [0.05, 0.1) is 24.3 Å². The molecular weight excluding hydrogens is 386 g/mol. The minimum atomic E-state index is -1.45. The Balaban J connectivity index is 1.86. The van der Waals surface area contributed by atoms with Crippen LogP contribution in [0.2, 0.25) is 0 Å². The van der Waals surface area contributed by atoms with Crippen molar-refractivity contribution in [2.75, 3.05) is 6.61 Å². The fourth-order valence-electron chi connectivity index (χ4n) is 3.60. The lowest BCUT2D eigenvalue weighted by Crippen LogP contribution is -2.55. The number of nitriles is 1. The summed E-state index contributed by atoms with van der Waals surface area (Å²) in [5.41, 5.74) is 2.77. The number of aliphatic hydroxyl groups is 4. The molecule has 5 atom stereocenters. The van der Waals surface area contributed by atoms with Gasteiger partial charge in [0.15, 0.2) is 0 Å². The normalized spacial score (nSPS) is 26.4. The minimum absolute atomic E-state index is 0.0799. The molecule has 2 unspecified atom stereocenters. The Hall–Kier alpha value is -2.47. The van der Waals surface area contributed by atoms with Crippen LogP contribution in [0.15, 0.2) is 42.5 Å². The molecule has 0 aliphatic carbocycles. The van der Waals surface area contributed by atoms with Gasteiger partial charge in [-0.3, -0.25) is 0 Å². The molecule has 7 nitrogen and oxygen atoms in total. The third-order valence-electron chi connectivity index (χ3n) is 5.16. The Kier molecular flexibility index (Phi) is 7.08. The Morgan fingerprint density at radius 2 is 1.73 bits per heavy atom. The van der Waals surface area contributed by atoms with Gasteiger partial charge in [-0.2, -0.15) is 5.26 Å². The highest BCUT2D eigenvalue weighted by atomic mass is 16.5. The first-order valence-electron chi connectivity index (χ1n) is 9.93. The van der Waals surface area contributed by atoms with E-state index >= 15 is 0 Å². The van der Waals surface area contributed by atoms with E-state index in [9.17, 15) is 25.7 Å². The molecule has 1 heterocycles. The Labute approximate surface area is 175 Å². The molecule has 4 N–H and O–H groups in total. The predicted molar refractivity (Wildman–Crippen MR) is 109 cm³/mol. The van der Waals surface area contributed by atoms with Crippen LogP contribution in [0.1, 0.15) is 42.2 Å². The molecule has 0 bridgehead atoms. The van der Waals surface area contributed by atoms with Crippen LogP contribution < -0.4 is 4.74 Å². The van der Waals surface area contributed by atoms with Gasteiger partial charge in [-0.05, 0) is 55.2 Å². The molecule has 2 aromatic carbocycles. The van der Waals surface area contributed by atoms with Crippen LogP contribution >= 0.6 is 0 Å². The van der Waals surface area contributed by atoms with Crippen molar-refractivity contribution >= 4 is 0 Å². The van der Waals surface area contributed by atoms with Crippen LogP contribution in [0.4, 0.5) is 0 Å². The lowest BCUT2D eigenvalue weighted by Gasteiger charge is -2.40. The van der Waals surface area contributed by atoms with Crippen molar-refractivity contribution in [3.05, 3.63) is 64.7 Å². The highest BCUT2D eigenvalue weighted by Crippen LogP contribution is 2.33. The monoisotopic (exact) mass is 413 g/mol. The fourth-order valence-corrected chi connectivity index (χ4v) is 3.60. The van der Waals surface area contributed by atoms with Gasteiger partial charge in [0.1, 0.15) is 36.3 Å². The molecule has 1 saturated heterocycles. The van der Waals surface area contributed by atoms with E-state index in [1.807, 2.05) is 38.1 Å². The van der Waals surface area contributed by atoms with Gasteiger partial charge < -0.3 is 29.9 Å². The summed E-state index contributed by atoms with van der Waals surface area (Å²) in [4.78, 5) is 0. The maximum absolute atomic E-state index is 10.4. The smallest absolute Gasteiger partial charge is 0.119 e. The van der Waals surface area contributed by atoms with E-state index in [0.717, 1.165) is 16.9 Å². The van der Waals surface area contributed by atoms with Crippen molar-refractivity contribution in [3.8, 4) is 11.8 Å². The zero-order valence-electron chi connectivity index (χ0n) is 17.0. The van der Waals surface area contributed by atoms with Gasteiger partial charge >= 0.3 is 0 Å². The molecule has 1 fully saturated rings. The van der Waals surface area contributed by atoms with Gasteiger partial charge in [-0.1, -0.05) is 24.3 Å². The zero-order chi connectivity index (χ0) is 21.8. The molecule has 0 radical (unpaired) electrons. The second kappa shape index (κ2) is 9.56. The summed E-state index contributed by atoms with van der Waals surface area (Å²) in [7, 11) is 0. The summed E-state index contributed by atoms with van der Waals surface area (Å²) >= 11 is 0.